The van der Waals surface area contributed by atoms with E-state index in [0.29, 0.717) is 39.7 Å². The molecule has 3 heterocycles. The minimum Gasteiger partial charge on any atom is -0.489 e. The van der Waals surface area contributed by atoms with E-state index >= 15 is 0 Å². The van der Waals surface area contributed by atoms with Crippen LogP contribution in [0.4, 0.5) is 10.8 Å². The molecule has 0 spiro atoms. The standard InChI is InChI=1S/C24H20ClN5O3S/c1-30-11-12-32-21-17(3-2-4-20(21)30)19-13-26-10-9-18(19)22(31)27-23-28-29-24(34-23)33-14-15-5-7-16(25)8-6-15/h2-10,13H,11-12,14H2,1H3,(H,27,28,31). The summed E-state index contributed by atoms with van der Waals surface area (Å²) in [5.74, 6) is 0.423. The fourth-order valence-corrected chi connectivity index (χ4v) is 4.33. The van der Waals surface area contributed by atoms with Crippen LogP contribution in [-0.2, 0) is 6.61 Å². The van der Waals surface area contributed by atoms with Crippen molar-refractivity contribution in [2.75, 3.05) is 30.4 Å². The Morgan fingerprint density at radius 2 is 2.03 bits per heavy atom. The van der Waals surface area contributed by atoms with Crippen LogP contribution < -0.4 is 19.7 Å². The molecule has 4 aromatic rings. The molecule has 0 saturated carbocycles. The van der Waals surface area contributed by atoms with E-state index in [4.69, 9.17) is 21.1 Å². The monoisotopic (exact) mass is 493 g/mol. The summed E-state index contributed by atoms with van der Waals surface area (Å²) in [6.07, 6.45) is 3.25. The lowest BCUT2D eigenvalue weighted by molar-refractivity contribution is 0.102. The van der Waals surface area contributed by atoms with Gasteiger partial charge in [0.2, 0.25) is 5.13 Å². The van der Waals surface area contributed by atoms with E-state index in [1.54, 1.807) is 30.6 Å². The molecule has 1 aliphatic rings. The molecule has 0 saturated heterocycles. The number of carbonyl (C=O) groups excluding carboxylic acids is 1. The van der Waals surface area contributed by atoms with Crippen LogP contribution in [0.1, 0.15) is 15.9 Å². The van der Waals surface area contributed by atoms with Crippen molar-refractivity contribution >= 4 is 39.7 Å². The molecule has 5 rings (SSSR count). The summed E-state index contributed by atoms with van der Waals surface area (Å²) < 4.78 is 11.6. The third-order valence-corrected chi connectivity index (χ3v) is 6.34. The van der Waals surface area contributed by atoms with Gasteiger partial charge in [-0.05, 0) is 41.2 Å². The number of likely N-dealkylation sites (N-methyl/N-ethyl adjacent to an activating group) is 1. The molecule has 1 N–H and O–H groups in total. The zero-order valence-corrected chi connectivity index (χ0v) is 19.8. The maximum Gasteiger partial charge on any atom is 0.296 e. The van der Waals surface area contributed by atoms with Crippen molar-refractivity contribution in [1.29, 1.82) is 0 Å². The predicted octanol–water partition coefficient (Wildman–Crippen LogP) is 4.91. The molecule has 2 aromatic heterocycles. The van der Waals surface area contributed by atoms with E-state index in [1.807, 2.05) is 37.4 Å². The molecular formula is C24H20ClN5O3S. The van der Waals surface area contributed by atoms with Crippen molar-refractivity contribution in [3.8, 4) is 22.1 Å². The first kappa shape index (κ1) is 22.1. The SMILES string of the molecule is CN1CCOc2c(-c3cnccc3C(=O)Nc3nnc(OCc4ccc(Cl)cc4)s3)cccc21. The Balaban J connectivity index is 1.33. The zero-order chi connectivity index (χ0) is 23.5. The lowest BCUT2D eigenvalue weighted by Crippen LogP contribution is -2.29. The summed E-state index contributed by atoms with van der Waals surface area (Å²) in [7, 11) is 2.02. The Morgan fingerprint density at radius 1 is 1.18 bits per heavy atom. The number of para-hydroxylation sites is 1. The van der Waals surface area contributed by atoms with E-state index in [0.717, 1.165) is 40.4 Å². The molecule has 0 radical (unpaired) electrons. The molecular weight excluding hydrogens is 474 g/mol. The fourth-order valence-electron chi connectivity index (χ4n) is 3.61. The van der Waals surface area contributed by atoms with Gasteiger partial charge in [-0.3, -0.25) is 15.1 Å². The third kappa shape index (κ3) is 4.66. The van der Waals surface area contributed by atoms with Gasteiger partial charge in [0.15, 0.2) is 5.75 Å². The van der Waals surface area contributed by atoms with Gasteiger partial charge in [0.25, 0.3) is 11.1 Å². The molecule has 1 aliphatic heterocycles. The largest absolute Gasteiger partial charge is 0.489 e. The Hall–Kier alpha value is -3.69. The number of halogens is 1. The highest BCUT2D eigenvalue weighted by Gasteiger charge is 2.23. The van der Waals surface area contributed by atoms with Gasteiger partial charge >= 0.3 is 0 Å². The number of benzene rings is 2. The smallest absolute Gasteiger partial charge is 0.296 e. The number of nitrogens with one attached hydrogen (secondary N) is 1. The van der Waals surface area contributed by atoms with E-state index < -0.39 is 0 Å². The third-order valence-electron chi connectivity index (χ3n) is 5.34. The number of nitrogens with zero attached hydrogens (tertiary/aromatic N) is 4. The summed E-state index contributed by atoms with van der Waals surface area (Å²) >= 11 is 7.06. The first-order valence-electron chi connectivity index (χ1n) is 10.5. The molecule has 0 bridgehead atoms. The average Bonchev–Trinajstić information content (AvgIpc) is 3.31. The first-order chi connectivity index (χ1) is 16.6. The number of pyridine rings is 1. The van der Waals surface area contributed by atoms with Gasteiger partial charge < -0.3 is 14.4 Å². The Labute approximate surface area is 205 Å². The quantitative estimate of drug-likeness (QED) is 0.408. The highest BCUT2D eigenvalue weighted by molar-refractivity contribution is 7.17. The van der Waals surface area contributed by atoms with Crippen molar-refractivity contribution in [2.45, 2.75) is 6.61 Å². The number of anilines is 2. The second-order valence-corrected chi connectivity index (χ2v) is 8.96. The van der Waals surface area contributed by atoms with Crippen LogP contribution in [0, 0.1) is 0 Å². The number of carbonyl (C=O) groups is 1. The topological polar surface area (TPSA) is 89.5 Å². The van der Waals surface area contributed by atoms with Gasteiger partial charge in [-0.1, -0.05) is 41.0 Å². The van der Waals surface area contributed by atoms with Crippen LogP contribution in [0.15, 0.2) is 60.9 Å². The second kappa shape index (κ2) is 9.66. The van der Waals surface area contributed by atoms with Crippen molar-refractivity contribution in [3.05, 3.63) is 77.1 Å². The summed E-state index contributed by atoms with van der Waals surface area (Å²) in [5.41, 5.74) is 3.87. The van der Waals surface area contributed by atoms with Gasteiger partial charge in [-0.25, -0.2) is 0 Å². The molecule has 172 valence electrons. The van der Waals surface area contributed by atoms with Crippen molar-refractivity contribution in [1.82, 2.24) is 15.2 Å². The van der Waals surface area contributed by atoms with E-state index in [9.17, 15) is 4.79 Å². The predicted molar refractivity (Wildman–Crippen MR) is 132 cm³/mol. The van der Waals surface area contributed by atoms with Crippen molar-refractivity contribution in [2.24, 2.45) is 0 Å². The number of fused-ring (bicyclic) bond motifs is 1. The lowest BCUT2D eigenvalue weighted by Gasteiger charge is -2.29. The molecule has 2 aromatic carbocycles. The molecule has 0 atom stereocenters. The Morgan fingerprint density at radius 3 is 2.88 bits per heavy atom. The van der Waals surface area contributed by atoms with Crippen LogP contribution in [0.2, 0.25) is 5.02 Å². The number of hydrogen-bond acceptors (Lipinski definition) is 8. The minimum atomic E-state index is -0.320. The summed E-state index contributed by atoms with van der Waals surface area (Å²) in [5, 5.41) is 12.2. The number of rotatable bonds is 6. The number of ether oxygens (including phenoxy) is 2. The van der Waals surface area contributed by atoms with E-state index in [1.165, 1.54) is 0 Å². The fraction of sp³-hybridized carbons (Fsp3) is 0.167. The molecule has 1 amide bonds. The van der Waals surface area contributed by atoms with Crippen molar-refractivity contribution < 1.29 is 14.3 Å². The van der Waals surface area contributed by atoms with Gasteiger partial charge in [-0.2, -0.15) is 0 Å². The summed E-state index contributed by atoms with van der Waals surface area (Å²) in [6, 6.07) is 14.9. The van der Waals surface area contributed by atoms with Gasteiger partial charge in [0.1, 0.15) is 13.2 Å². The van der Waals surface area contributed by atoms with Crippen LogP contribution in [-0.4, -0.2) is 41.3 Å². The second-order valence-electron chi connectivity index (χ2n) is 7.59. The van der Waals surface area contributed by atoms with E-state index in [-0.39, 0.29) is 5.91 Å². The van der Waals surface area contributed by atoms with Gasteiger partial charge in [-0.15, -0.1) is 5.10 Å². The molecule has 0 aliphatic carbocycles. The van der Waals surface area contributed by atoms with Crippen LogP contribution in [0.25, 0.3) is 11.1 Å². The summed E-state index contributed by atoms with van der Waals surface area (Å²) in [4.78, 5) is 19.5. The summed E-state index contributed by atoms with van der Waals surface area (Å²) in [6.45, 7) is 1.70. The minimum absolute atomic E-state index is 0.320. The lowest BCUT2D eigenvalue weighted by atomic mass is 9.99. The maximum absolute atomic E-state index is 13.2. The highest BCUT2D eigenvalue weighted by atomic mass is 35.5. The maximum atomic E-state index is 13.2. The first-order valence-corrected chi connectivity index (χ1v) is 11.7. The normalized spacial score (nSPS) is 12.6. The van der Waals surface area contributed by atoms with Crippen LogP contribution in [0.5, 0.6) is 10.9 Å². The van der Waals surface area contributed by atoms with Crippen LogP contribution >= 0.6 is 22.9 Å². The molecule has 34 heavy (non-hydrogen) atoms. The zero-order valence-electron chi connectivity index (χ0n) is 18.2. The highest BCUT2D eigenvalue weighted by Crippen LogP contribution is 2.41. The van der Waals surface area contributed by atoms with Crippen molar-refractivity contribution in [3.63, 3.8) is 0 Å². The number of aromatic nitrogens is 3. The molecule has 8 nitrogen and oxygen atoms in total. The van der Waals surface area contributed by atoms with Gasteiger partial charge in [0, 0.05) is 35.6 Å². The molecule has 0 fully saturated rings. The van der Waals surface area contributed by atoms with E-state index in [2.05, 4.69) is 25.4 Å². The Bertz CT molecular complexity index is 1330. The Kier molecular flexibility index (Phi) is 6.29. The van der Waals surface area contributed by atoms with Gasteiger partial charge in [0.05, 0.1) is 17.8 Å². The molecule has 10 heteroatoms. The molecule has 0 unspecified atom stereocenters. The van der Waals surface area contributed by atoms with Crippen LogP contribution in [0.3, 0.4) is 0 Å². The number of hydrogen-bond donors (Lipinski definition) is 1. The average molecular weight is 494 g/mol. The number of amides is 1.